The molecule has 6 nitrogen and oxygen atoms in total. The molecular formula is C20H27N5OS. The zero-order valence-corrected chi connectivity index (χ0v) is 16.8. The fourth-order valence-electron chi connectivity index (χ4n) is 3.57. The van der Waals surface area contributed by atoms with Crippen LogP contribution in [-0.2, 0) is 11.3 Å². The lowest BCUT2D eigenvalue weighted by Crippen LogP contribution is -2.44. The van der Waals surface area contributed by atoms with Crippen molar-refractivity contribution in [1.29, 1.82) is 0 Å². The van der Waals surface area contributed by atoms with E-state index in [1.807, 2.05) is 22.8 Å². The van der Waals surface area contributed by atoms with Crippen molar-refractivity contribution in [3.8, 4) is 11.4 Å². The molecule has 1 saturated carbocycles. The monoisotopic (exact) mass is 385 g/mol. The maximum Gasteiger partial charge on any atom is 0.230 e. The SMILES string of the molecule is C=CCn1c(SCC(=O)N[C@@H]2CCC[C@@H](C)[C@H]2C)nnc1-c1ccncc1. The van der Waals surface area contributed by atoms with Crippen LogP contribution in [-0.4, -0.2) is 37.5 Å². The van der Waals surface area contributed by atoms with Crippen molar-refractivity contribution in [2.24, 2.45) is 11.8 Å². The average Bonchev–Trinajstić information content (AvgIpc) is 3.07. The van der Waals surface area contributed by atoms with Gasteiger partial charge in [0.05, 0.1) is 5.75 Å². The van der Waals surface area contributed by atoms with Gasteiger partial charge < -0.3 is 5.32 Å². The van der Waals surface area contributed by atoms with Crippen molar-refractivity contribution in [3.05, 3.63) is 37.2 Å². The Morgan fingerprint density at radius 2 is 2.11 bits per heavy atom. The molecular weight excluding hydrogens is 358 g/mol. The molecule has 1 fully saturated rings. The second-order valence-electron chi connectivity index (χ2n) is 7.17. The second kappa shape index (κ2) is 9.17. The summed E-state index contributed by atoms with van der Waals surface area (Å²) in [6.45, 7) is 8.92. The summed E-state index contributed by atoms with van der Waals surface area (Å²) in [5, 5.41) is 12.5. The number of nitrogens with one attached hydrogen (secondary N) is 1. The number of aromatic nitrogens is 4. The van der Waals surface area contributed by atoms with Gasteiger partial charge in [-0.1, -0.05) is 44.5 Å². The molecule has 2 heterocycles. The van der Waals surface area contributed by atoms with Crippen molar-refractivity contribution in [1.82, 2.24) is 25.1 Å². The van der Waals surface area contributed by atoms with Crippen LogP contribution in [0.3, 0.4) is 0 Å². The van der Waals surface area contributed by atoms with Crippen LogP contribution in [0.1, 0.15) is 33.1 Å². The zero-order valence-electron chi connectivity index (χ0n) is 16.0. The summed E-state index contributed by atoms with van der Waals surface area (Å²) in [4.78, 5) is 16.5. The third-order valence-corrected chi connectivity index (χ3v) is 6.32. The highest BCUT2D eigenvalue weighted by molar-refractivity contribution is 7.99. The smallest absolute Gasteiger partial charge is 0.230 e. The number of hydrogen-bond acceptors (Lipinski definition) is 5. The molecule has 2 aromatic heterocycles. The van der Waals surface area contributed by atoms with Crippen LogP contribution in [0.2, 0.25) is 0 Å². The van der Waals surface area contributed by atoms with E-state index in [1.165, 1.54) is 24.6 Å². The summed E-state index contributed by atoms with van der Waals surface area (Å²) in [6, 6.07) is 4.08. The molecule has 0 bridgehead atoms. The molecule has 1 aliphatic rings. The topological polar surface area (TPSA) is 72.7 Å². The van der Waals surface area contributed by atoms with Crippen LogP contribution < -0.4 is 5.32 Å². The first kappa shape index (κ1) is 19.6. The minimum absolute atomic E-state index is 0.0598. The number of nitrogens with zero attached hydrogens (tertiary/aromatic N) is 4. The largest absolute Gasteiger partial charge is 0.352 e. The van der Waals surface area contributed by atoms with Gasteiger partial charge >= 0.3 is 0 Å². The Kier molecular flexibility index (Phi) is 6.66. The lowest BCUT2D eigenvalue weighted by atomic mass is 9.78. The number of hydrogen-bond donors (Lipinski definition) is 1. The summed E-state index contributed by atoms with van der Waals surface area (Å²) < 4.78 is 1.98. The summed E-state index contributed by atoms with van der Waals surface area (Å²) in [6.07, 6.45) is 8.78. The van der Waals surface area contributed by atoms with E-state index in [9.17, 15) is 4.79 Å². The van der Waals surface area contributed by atoms with Crippen LogP contribution in [0.15, 0.2) is 42.3 Å². The lowest BCUT2D eigenvalue weighted by Gasteiger charge is -2.34. The highest BCUT2D eigenvalue weighted by atomic mass is 32.2. The third-order valence-electron chi connectivity index (χ3n) is 5.35. The average molecular weight is 386 g/mol. The minimum atomic E-state index is 0.0598. The van der Waals surface area contributed by atoms with Gasteiger partial charge in [-0.05, 0) is 30.4 Å². The Hall–Kier alpha value is -2.15. The highest BCUT2D eigenvalue weighted by Gasteiger charge is 2.28. The van der Waals surface area contributed by atoms with E-state index in [0.29, 0.717) is 24.1 Å². The Morgan fingerprint density at radius 3 is 2.85 bits per heavy atom. The predicted octanol–water partition coefficient (Wildman–Crippen LogP) is 3.56. The molecule has 0 aliphatic heterocycles. The van der Waals surface area contributed by atoms with E-state index in [-0.39, 0.29) is 11.9 Å². The fourth-order valence-corrected chi connectivity index (χ4v) is 4.33. The molecule has 0 saturated heterocycles. The van der Waals surface area contributed by atoms with E-state index >= 15 is 0 Å². The lowest BCUT2D eigenvalue weighted by molar-refractivity contribution is -0.120. The van der Waals surface area contributed by atoms with Gasteiger partial charge in [0.2, 0.25) is 5.91 Å². The van der Waals surface area contributed by atoms with Gasteiger partial charge in [-0.2, -0.15) is 0 Å². The quantitative estimate of drug-likeness (QED) is 0.583. The predicted molar refractivity (Wildman–Crippen MR) is 108 cm³/mol. The van der Waals surface area contributed by atoms with Crippen LogP contribution in [0, 0.1) is 11.8 Å². The highest BCUT2D eigenvalue weighted by Crippen LogP contribution is 2.30. The fraction of sp³-hybridized carbons (Fsp3) is 0.500. The van der Waals surface area contributed by atoms with Crippen molar-refractivity contribution in [3.63, 3.8) is 0 Å². The number of carbonyl (C=O) groups excluding carboxylic acids is 1. The van der Waals surface area contributed by atoms with Crippen LogP contribution in [0.4, 0.5) is 0 Å². The van der Waals surface area contributed by atoms with E-state index in [1.54, 1.807) is 12.4 Å². The van der Waals surface area contributed by atoms with Gasteiger partial charge in [-0.15, -0.1) is 16.8 Å². The standard InChI is InChI=1S/C20H27N5OS/c1-4-12-25-19(16-8-10-21-11-9-16)23-24-20(25)27-13-18(26)22-17-7-5-6-14(2)15(17)3/h4,8-11,14-15,17H,1,5-7,12-13H2,2-3H3,(H,22,26)/t14-,15-,17-/m1/s1. The van der Waals surface area contributed by atoms with E-state index in [4.69, 9.17) is 0 Å². The van der Waals surface area contributed by atoms with Crippen molar-refractivity contribution >= 4 is 17.7 Å². The molecule has 1 aliphatic carbocycles. The number of carbonyl (C=O) groups is 1. The minimum Gasteiger partial charge on any atom is -0.352 e. The molecule has 1 N–H and O–H groups in total. The first-order valence-electron chi connectivity index (χ1n) is 9.46. The molecule has 3 atom stereocenters. The van der Waals surface area contributed by atoms with E-state index in [0.717, 1.165) is 23.0 Å². The van der Waals surface area contributed by atoms with Crippen molar-refractivity contribution in [2.45, 2.75) is 50.9 Å². The van der Waals surface area contributed by atoms with Crippen LogP contribution in [0.25, 0.3) is 11.4 Å². The Labute approximate surface area is 164 Å². The van der Waals surface area contributed by atoms with Crippen LogP contribution in [0.5, 0.6) is 0 Å². The van der Waals surface area contributed by atoms with Crippen LogP contribution >= 0.6 is 11.8 Å². The number of allylic oxidation sites excluding steroid dienone is 1. The second-order valence-corrected chi connectivity index (χ2v) is 8.11. The zero-order chi connectivity index (χ0) is 19.2. The van der Waals surface area contributed by atoms with Crippen molar-refractivity contribution < 1.29 is 4.79 Å². The van der Waals surface area contributed by atoms with E-state index in [2.05, 4.69) is 40.9 Å². The molecule has 0 spiro atoms. The number of amides is 1. The summed E-state index contributed by atoms with van der Waals surface area (Å²) in [7, 11) is 0. The summed E-state index contributed by atoms with van der Waals surface area (Å²) in [5.41, 5.74) is 0.945. The van der Waals surface area contributed by atoms with Gasteiger partial charge in [0.25, 0.3) is 0 Å². The number of thioether (sulfide) groups is 1. The first-order valence-corrected chi connectivity index (χ1v) is 10.5. The summed E-state index contributed by atoms with van der Waals surface area (Å²) >= 11 is 1.42. The maximum atomic E-state index is 12.5. The molecule has 7 heteroatoms. The number of rotatable bonds is 7. The molecule has 1 amide bonds. The number of pyridine rings is 1. The molecule has 144 valence electrons. The van der Waals surface area contributed by atoms with Gasteiger partial charge in [-0.25, -0.2) is 0 Å². The molecule has 27 heavy (non-hydrogen) atoms. The Balaban J connectivity index is 1.64. The van der Waals surface area contributed by atoms with Gasteiger partial charge in [0.15, 0.2) is 11.0 Å². The van der Waals surface area contributed by atoms with Gasteiger partial charge in [0.1, 0.15) is 0 Å². The normalized spacial score (nSPS) is 22.4. The Bertz CT molecular complexity index is 776. The summed E-state index contributed by atoms with van der Waals surface area (Å²) in [5.74, 6) is 2.34. The Morgan fingerprint density at radius 1 is 1.33 bits per heavy atom. The molecule has 0 radical (unpaired) electrons. The third kappa shape index (κ3) is 4.77. The van der Waals surface area contributed by atoms with Crippen molar-refractivity contribution in [2.75, 3.05) is 5.75 Å². The molecule has 0 unspecified atom stereocenters. The molecule has 3 rings (SSSR count). The van der Waals surface area contributed by atoms with Gasteiger partial charge in [0, 0.05) is 30.5 Å². The molecule has 2 aromatic rings. The first-order chi connectivity index (χ1) is 13.1. The van der Waals surface area contributed by atoms with Gasteiger partial charge in [-0.3, -0.25) is 14.3 Å². The molecule has 0 aromatic carbocycles. The maximum absolute atomic E-state index is 12.5. The van der Waals surface area contributed by atoms with E-state index < -0.39 is 0 Å².